The minimum Gasteiger partial charge on any atom is -0.368 e. The molecule has 1 heterocycles. The zero-order chi connectivity index (χ0) is 13.8. The Kier molecular flexibility index (Phi) is 3.99. The van der Waals surface area contributed by atoms with E-state index >= 15 is 0 Å². The van der Waals surface area contributed by atoms with Crippen LogP contribution < -0.4 is 11.3 Å². The molecule has 102 valence electrons. The van der Waals surface area contributed by atoms with Gasteiger partial charge in [-0.2, -0.15) is 0 Å². The molecule has 1 aromatic heterocycles. The molecule has 3 N–H and O–H groups in total. The molecule has 6 heteroatoms. The Hall–Kier alpha value is -2.11. The van der Waals surface area contributed by atoms with Gasteiger partial charge in [-0.15, -0.1) is 0 Å². The highest BCUT2D eigenvalue weighted by Gasteiger charge is 2.28. The molecule has 0 aromatic carbocycles. The molecule has 2 amide bonds. The molecule has 2 rings (SSSR count). The third-order valence-corrected chi connectivity index (χ3v) is 3.38. The number of nitrogens with two attached hydrogens (primary N) is 1. The van der Waals surface area contributed by atoms with E-state index in [1.165, 1.54) is 23.2 Å². The fraction of sp³-hybridized carbons (Fsp3) is 0.462. The Morgan fingerprint density at radius 1 is 1.32 bits per heavy atom. The third-order valence-electron chi connectivity index (χ3n) is 3.38. The third kappa shape index (κ3) is 3.21. The van der Waals surface area contributed by atoms with Crippen molar-refractivity contribution in [2.45, 2.75) is 31.7 Å². The number of nitrogens with zero attached hydrogens (tertiary/aromatic N) is 1. The van der Waals surface area contributed by atoms with Gasteiger partial charge in [0.05, 0.1) is 12.1 Å². The SMILES string of the molecule is NC(=O)CN(C(=O)c1ccc(=O)[nH]c1)C1CCCC1. The average molecular weight is 263 g/mol. The first-order chi connectivity index (χ1) is 9.08. The van der Waals surface area contributed by atoms with Crippen LogP contribution in [0.15, 0.2) is 23.1 Å². The number of aromatic amines is 1. The van der Waals surface area contributed by atoms with Crippen LogP contribution in [-0.4, -0.2) is 34.3 Å². The van der Waals surface area contributed by atoms with E-state index in [0.29, 0.717) is 5.56 Å². The topological polar surface area (TPSA) is 96.3 Å². The molecular formula is C13H17N3O3. The first kappa shape index (κ1) is 13.3. The molecule has 0 bridgehead atoms. The van der Waals surface area contributed by atoms with Crippen molar-refractivity contribution >= 4 is 11.8 Å². The van der Waals surface area contributed by atoms with Crippen LogP contribution in [0, 0.1) is 0 Å². The van der Waals surface area contributed by atoms with Crippen molar-refractivity contribution in [2.24, 2.45) is 5.73 Å². The van der Waals surface area contributed by atoms with Gasteiger partial charge in [-0.05, 0) is 18.9 Å². The largest absolute Gasteiger partial charge is 0.368 e. The molecule has 0 unspecified atom stereocenters. The van der Waals surface area contributed by atoms with Crippen LogP contribution in [0.3, 0.4) is 0 Å². The number of carbonyl (C=O) groups excluding carboxylic acids is 2. The van der Waals surface area contributed by atoms with Crippen LogP contribution in [0.4, 0.5) is 0 Å². The maximum atomic E-state index is 12.4. The lowest BCUT2D eigenvalue weighted by atomic mass is 10.1. The predicted molar refractivity (Wildman–Crippen MR) is 69.5 cm³/mol. The van der Waals surface area contributed by atoms with E-state index in [1.807, 2.05) is 0 Å². The summed E-state index contributed by atoms with van der Waals surface area (Å²) in [5.41, 5.74) is 5.31. The molecule has 1 aromatic rings. The normalized spacial score (nSPS) is 15.4. The summed E-state index contributed by atoms with van der Waals surface area (Å²) < 4.78 is 0. The zero-order valence-electron chi connectivity index (χ0n) is 10.6. The first-order valence-electron chi connectivity index (χ1n) is 6.36. The quantitative estimate of drug-likeness (QED) is 0.814. The molecule has 0 saturated heterocycles. The summed E-state index contributed by atoms with van der Waals surface area (Å²) in [6.07, 6.45) is 5.26. The van der Waals surface area contributed by atoms with E-state index in [-0.39, 0.29) is 24.1 Å². The van der Waals surface area contributed by atoms with Gasteiger partial charge in [0.2, 0.25) is 11.5 Å². The number of nitrogens with one attached hydrogen (secondary N) is 1. The summed E-state index contributed by atoms with van der Waals surface area (Å²) in [4.78, 5) is 38.5. The Labute approximate surface area is 110 Å². The van der Waals surface area contributed by atoms with Gasteiger partial charge in [0.25, 0.3) is 5.91 Å². The smallest absolute Gasteiger partial charge is 0.256 e. The van der Waals surface area contributed by atoms with Gasteiger partial charge < -0.3 is 15.6 Å². The van der Waals surface area contributed by atoms with Crippen molar-refractivity contribution in [1.82, 2.24) is 9.88 Å². The lowest BCUT2D eigenvalue weighted by Gasteiger charge is -2.27. The van der Waals surface area contributed by atoms with Crippen LogP contribution in [0.1, 0.15) is 36.0 Å². The van der Waals surface area contributed by atoms with Gasteiger partial charge in [-0.1, -0.05) is 12.8 Å². The van der Waals surface area contributed by atoms with E-state index < -0.39 is 5.91 Å². The number of aromatic nitrogens is 1. The maximum absolute atomic E-state index is 12.4. The number of primary amides is 1. The fourth-order valence-corrected chi connectivity index (χ4v) is 2.46. The second kappa shape index (κ2) is 5.69. The Balaban J connectivity index is 2.21. The van der Waals surface area contributed by atoms with E-state index in [4.69, 9.17) is 5.73 Å². The van der Waals surface area contributed by atoms with Crippen molar-refractivity contribution in [3.63, 3.8) is 0 Å². The number of hydrogen-bond donors (Lipinski definition) is 2. The average Bonchev–Trinajstić information content (AvgIpc) is 2.89. The van der Waals surface area contributed by atoms with Crippen molar-refractivity contribution in [3.05, 3.63) is 34.2 Å². The Morgan fingerprint density at radius 3 is 2.53 bits per heavy atom. The standard InChI is InChI=1S/C13H17N3O3/c14-11(17)8-16(10-3-1-2-4-10)13(19)9-5-6-12(18)15-7-9/h5-7,10H,1-4,8H2,(H2,14,17)(H,15,18). The molecule has 1 aliphatic rings. The Bertz CT molecular complexity index is 512. The minimum atomic E-state index is -0.523. The molecule has 0 aliphatic heterocycles. The summed E-state index contributed by atoms with van der Waals surface area (Å²) in [6.45, 7) is -0.0807. The van der Waals surface area contributed by atoms with Gasteiger partial charge in [0, 0.05) is 18.3 Å². The van der Waals surface area contributed by atoms with Crippen molar-refractivity contribution < 1.29 is 9.59 Å². The molecule has 0 atom stereocenters. The number of hydrogen-bond acceptors (Lipinski definition) is 3. The molecule has 0 spiro atoms. The zero-order valence-corrected chi connectivity index (χ0v) is 10.6. The monoisotopic (exact) mass is 263 g/mol. The highest BCUT2D eigenvalue weighted by Crippen LogP contribution is 2.24. The summed E-state index contributed by atoms with van der Waals surface area (Å²) >= 11 is 0. The highest BCUT2D eigenvalue weighted by molar-refractivity contribution is 5.96. The number of rotatable bonds is 4. The van der Waals surface area contributed by atoms with E-state index in [1.54, 1.807) is 0 Å². The lowest BCUT2D eigenvalue weighted by Crippen LogP contribution is -2.44. The maximum Gasteiger partial charge on any atom is 0.256 e. The minimum absolute atomic E-state index is 0.0620. The number of H-pyrrole nitrogens is 1. The second-order valence-corrected chi connectivity index (χ2v) is 4.78. The van der Waals surface area contributed by atoms with E-state index in [0.717, 1.165) is 25.7 Å². The van der Waals surface area contributed by atoms with Crippen LogP contribution in [0.5, 0.6) is 0 Å². The van der Waals surface area contributed by atoms with Gasteiger partial charge in [0.15, 0.2) is 0 Å². The van der Waals surface area contributed by atoms with Crippen molar-refractivity contribution in [2.75, 3.05) is 6.54 Å². The second-order valence-electron chi connectivity index (χ2n) is 4.78. The first-order valence-corrected chi connectivity index (χ1v) is 6.36. The molecule has 0 radical (unpaired) electrons. The summed E-state index contributed by atoms with van der Waals surface area (Å²) in [7, 11) is 0. The van der Waals surface area contributed by atoms with Gasteiger partial charge in [0.1, 0.15) is 0 Å². The molecular weight excluding hydrogens is 246 g/mol. The number of amides is 2. The van der Waals surface area contributed by atoms with Gasteiger partial charge in [-0.3, -0.25) is 14.4 Å². The highest BCUT2D eigenvalue weighted by atomic mass is 16.2. The van der Waals surface area contributed by atoms with Crippen LogP contribution in [-0.2, 0) is 4.79 Å². The number of pyridine rings is 1. The Morgan fingerprint density at radius 2 is 2.00 bits per heavy atom. The van der Waals surface area contributed by atoms with E-state index in [9.17, 15) is 14.4 Å². The van der Waals surface area contributed by atoms with Crippen molar-refractivity contribution in [1.29, 1.82) is 0 Å². The molecule has 19 heavy (non-hydrogen) atoms. The van der Waals surface area contributed by atoms with Crippen molar-refractivity contribution in [3.8, 4) is 0 Å². The summed E-state index contributed by atoms with van der Waals surface area (Å²) in [5, 5.41) is 0. The summed E-state index contributed by atoms with van der Waals surface area (Å²) in [5.74, 6) is -0.786. The summed E-state index contributed by atoms with van der Waals surface area (Å²) in [6, 6.07) is 2.82. The van der Waals surface area contributed by atoms with Crippen LogP contribution in [0.25, 0.3) is 0 Å². The molecule has 1 aliphatic carbocycles. The van der Waals surface area contributed by atoms with Gasteiger partial charge in [-0.25, -0.2) is 0 Å². The van der Waals surface area contributed by atoms with Crippen LogP contribution >= 0.6 is 0 Å². The van der Waals surface area contributed by atoms with Crippen LogP contribution in [0.2, 0.25) is 0 Å². The predicted octanol–water partition coefficient (Wildman–Crippen LogP) is 0.245. The van der Waals surface area contributed by atoms with E-state index in [2.05, 4.69) is 4.98 Å². The molecule has 1 saturated carbocycles. The molecule has 1 fully saturated rings. The molecule has 6 nitrogen and oxygen atoms in total. The fourth-order valence-electron chi connectivity index (χ4n) is 2.46. The van der Waals surface area contributed by atoms with Gasteiger partial charge >= 0.3 is 0 Å². The number of carbonyl (C=O) groups is 2. The lowest BCUT2D eigenvalue weighted by molar-refractivity contribution is -0.119.